The minimum atomic E-state index is -0.0543. The molecule has 1 aromatic carbocycles. The molecule has 110 valence electrons. The second kappa shape index (κ2) is 6.88. The number of hydrogen-bond donors (Lipinski definition) is 2. The lowest BCUT2D eigenvalue weighted by molar-refractivity contribution is -0.115. The fourth-order valence-electron chi connectivity index (χ4n) is 2.05. The van der Waals surface area contributed by atoms with Gasteiger partial charge in [-0.05, 0) is 44.0 Å². The highest BCUT2D eigenvalue weighted by Gasteiger charge is 2.07. The average Bonchev–Trinajstić information content (AvgIpc) is 2.43. The van der Waals surface area contributed by atoms with E-state index in [0.717, 1.165) is 16.8 Å². The van der Waals surface area contributed by atoms with Gasteiger partial charge in [-0.3, -0.25) is 4.79 Å². The van der Waals surface area contributed by atoms with Crippen LogP contribution in [0, 0.1) is 6.92 Å². The van der Waals surface area contributed by atoms with Crippen molar-refractivity contribution >= 4 is 17.4 Å². The third kappa shape index (κ3) is 4.60. The number of carbonyl (C=O) groups excluding carboxylic acids is 1. The Morgan fingerprint density at radius 1 is 1.19 bits per heavy atom. The normalized spacial score (nSPS) is 10.5. The topological polar surface area (TPSA) is 54.0 Å². The summed E-state index contributed by atoms with van der Waals surface area (Å²) in [6.07, 6.45) is 2.09. The molecular weight excluding hydrogens is 262 g/mol. The Morgan fingerprint density at radius 2 is 1.95 bits per heavy atom. The largest absolute Gasteiger partial charge is 0.382 e. The molecule has 2 rings (SSSR count). The number of hydrogen-bond acceptors (Lipinski definition) is 3. The number of amides is 1. The number of aryl methyl sites for hydroxylation is 1. The van der Waals surface area contributed by atoms with Crippen LogP contribution in [0.25, 0.3) is 0 Å². The summed E-state index contributed by atoms with van der Waals surface area (Å²) in [6.45, 7) is 6.14. The molecule has 0 aliphatic rings. The van der Waals surface area contributed by atoms with Crippen molar-refractivity contribution < 1.29 is 4.79 Å². The predicted molar refractivity (Wildman–Crippen MR) is 86.5 cm³/mol. The van der Waals surface area contributed by atoms with Crippen molar-refractivity contribution in [3.05, 3.63) is 53.7 Å². The molecule has 2 aromatic rings. The van der Waals surface area contributed by atoms with Crippen LogP contribution in [0.5, 0.6) is 0 Å². The highest BCUT2D eigenvalue weighted by atomic mass is 16.1. The molecule has 4 nitrogen and oxygen atoms in total. The molecule has 1 aromatic heterocycles. The van der Waals surface area contributed by atoms with Gasteiger partial charge in [-0.1, -0.05) is 24.3 Å². The van der Waals surface area contributed by atoms with Gasteiger partial charge in [-0.15, -0.1) is 0 Å². The van der Waals surface area contributed by atoms with Crippen LogP contribution in [-0.2, 0) is 11.2 Å². The monoisotopic (exact) mass is 283 g/mol. The Bertz CT molecular complexity index is 606. The zero-order valence-corrected chi connectivity index (χ0v) is 12.7. The Kier molecular flexibility index (Phi) is 4.93. The molecule has 1 amide bonds. The summed E-state index contributed by atoms with van der Waals surface area (Å²) < 4.78 is 0. The number of pyridine rings is 1. The maximum absolute atomic E-state index is 12.0. The minimum absolute atomic E-state index is 0.0543. The molecule has 0 atom stereocenters. The van der Waals surface area contributed by atoms with Crippen molar-refractivity contribution in [1.82, 2.24) is 4.98 Å². The molecule has 0 bridgehead atoms. The van der Waals surface area contributed by atoms with E-state index < -0.39 is 0 Å². The van der Waals surface area contributed by atoms with E-state index in [-0.39, 0.29) is 5.91 Å². The third-order valence-corrected chi connectivity index (χ3v) is 3.10. The highest BCUT2D eigenvalue weighted by molar-refractivity contribution is 5.91. The fraction of sp³-hybridized carbons (Fsp3) is 0.294. The van der Waals surface area contributed by atoms with Gasteiger partial charge in [0.05, 0.1) is 18.3 Å². The summed E-state index contributed by atoms with van der Waals surface area (Å²) in [5.74, 6) is 0.518. The van der Waals surface area contributed by atoms with Crippen LogP contribution < -0.4 is 10.6 Å². The average molecular weight is 283 g/mol. The second-order valence-corrected chi connectivity index (χ2v) is 5.38. The number of nitrogens with one attached hydrogen (secondary N) is 2. The van der Waals surface area contributed by atoms with Gasteiger partial charge in [0.2, 0.25) is 5.91 Å². The zero-order valence-electron chi connectivity index (χ0n) is 12.7. The minimum Gasteiger partial charge on any atom is -0.382 e. The van der Waals surface area contributed by atoms with Crippen LogP contribution in [0.4, 0.5) is 11.5 Å². The first-order valence-corrected chi connectivity index (χ1v) is 7.11. The van der Waals surface area contributed by atoms with Gasteiger partial charge in [0.25, 0.3) is 0 Å². The molecule has 0 saturated carbocycles. The molecule has 0 radical (unpaired) electrons. The molecule has 0 fully saturated rings. The summed E-state index contributed by atoms with van der Waals surface area (Å²) in [5.41, 5.74) is 3.10. The summed E-state index contributed by atoms with van der Waals surface area (Å²) in [6, 6.07) is 12.0. The maximum atomic E-state index is 12.0. The first kappa shape index (κ1) is 15.0. The highest BCUT2D eigenvalue weighted by Crippen LogP contribution is 2.12. The van der Waals surface area contributed by atoms with Gasteiger partial charge in [0.1, 0.15) is 5.82 Å². The number of benzene rings is 1. The van der Waals surface area contributed by atoms with Crippen molar-refractivity contribution in [2.24, 2.45) is 0 Å². The van der Waals surface area contributed by atoms with E-state index in [2.05, 4.69) is 29.5 Å². The molecule has 0 saturated heterocycles. The SMILES string of the molecule is Cc1ccccc1CC(=O)Nc1ccc(NC(C)C)cn1. The van der Waals surface area contributed by atoms with Crippen LogP contribution in [-0.4, -0.2) is 16.9 Å². The standard InChI is InChI=1S/C17H21N3O/c1-12(2)19-15-8-9-16(18-11-15)20-17(21)10-14-7-5-4-6-13(14)3/h4-9,11-12,19H,10H2,1-3H3,(H,18,20,21). The van der Waals surface area contributed by atoms with E-state index in [9.17, 15) is 4.79 Å². The molecule has 0 unspecified atom stereocenters. The van der Waals surface area contributed by atoms with Crippen molar-refractivity contribution in [1.29, 1.82) is 0 Å². The van der Waals surface area contributed by atoms with Gasteiger partial charge in [0.15, 0.2) is 0 Å². The fourth-order valence-corrected chi connectivity index (χ4v) is 2.05. The van der Waals surface area contributed by atoms with Crippen LogP contribution in [0.3, 0.4) is 0 Å². The first-order valence-electron chi connectivity index (χ1n) is 7.11. The van der Waals surface area contributed by atoms with Gasteiger partial charge in [0, 0.05) is 6.04 Å². The Morgan fingerprint density at radius 3 is 2.57 bits per heavy atom. The lowest BCUT2D eigenvalue weighted by atomic mass is 10.1. The lowest BCUT2D eigenvalue weighted by Gasteiger charge is -2.10. The number of aromatic nitrogens is 1. The maximum Gasteiger partial charge on any atom is 0.229 e. The Balaban J connectivity index is 1.95. The van der Waals surface area contributed by atoms with Gasteiger partial charge < -0.3 is 10.6 Å². The van der Waals surface area contributed by atoms with Crippen LogP contribution in [0.2, 0.25) is 0 Å². The summed E-state index contributed by atoms with van der Waals surface area (Å²) in [4.78, 5) is 16.3. The lowest BCUT2D eigenvalue weighted by Crippen LogP contribution is -2.16. The van der Waals surface area contributed by atoms with Crippen molar-refractivity contribution in [2.75, 3.05) is 10.6 Å². The summed E-state index contributed by atoms with van der Waals surface area (Å²) in [7, 11) is 0. The van der Waals surface area contributed by atoms with Crippen molar-refractivity contribution in [3.63, 3.8) is 0 Å². The molecular formula is C17H21N3O. The van der Waals surface area contributed by atoms with Crippen LogP contribution in [0.15, 0.2) is 42.6 Å². The van der Waals surface area contributed by atoms with E-state index in [1.807, 2.05) is 37.3 Å². The molecule has 1 heterocycles. The smallest absolute Gasteiger partial charge is 0.229 e. The summed E-state index contributed by atoms with van der Waals surface area (Å²) in [5, 5.41) is 6.08. The van der Waals surface area contributed by atoms with Gasteiger partial charge >= 0.3 is 0 Å². The third-order valence-electron chi connectivity index (χ3n) is 3.10. The van der Waals surface area contributed by atoms with E-state index in [4.69, 9.17) is 0 Å². The van der Waals surface area contributed by atoms with Crippen LogP contribution >= 0.6 is 0 Å². The van der Waals surface area contributed by atoms with Crippen LogP contribution in [0.1, 0.15) is 25.0 Å². The second-order valence-electron chi connectivity index (χ2n) is 5.38. The van der Waals surface area contributed by atoms with Crippen molar-refractivity contribution in [3.8, 4) is 0 Å². The first-order chi connectivity index (χ1) is 10.0. The van der Waals surface area contributed by atoms with E-state index in [1.165, 1.54) is 0 Å². The van der Waals surface area contributed by atoms with Gasteiger partial charge in [-0.2, -0.15) is 0 Å². The molecule has 2 N–H and O–H groups in total. The Hall–Kier alpha value is -2.36. The molecule has 0 aliphatic heterocycles. The Labute approximate surface area is 125 Å². The number of carbonyl (C=O) groups is 1. The van der Waals surface area contributed by atoms with E-state index in [0.29, 0.717) is 18.3 Å². The van der Waals surface area contributed by atoms with Gasteiger partial charge in [-0.25, -0.2) is 4.98 Å². The van der Waals surface area contributed by atoms with E-state index in [1.54, 1.807) is 12.3 Å². The molecule has 0 aliphatic carbocycles. The number of nitrogens with zero attached hydrogens (tertiary/aromatic N) is 1. The predicted octanol–water partition coefficient (Wildman–Crippen LogP) is 3.39. The zero-order chi connectivity index (χ0) is 15.2. The number of rotatable bonds is 5. The quantitative estimate of drug-likeness (QED) is 0.884. The number of anilines is 2. The molecule has 21 heavy (non-hydrogen) atoms. The molecule has 4 heteroatoms. The van der Waals surface area contributed by atoms with Crippen molar-refractivity contribution in [2.45, 2.75) is 33.2 Å². The van der Waals surface area contributed by atoms with E-state index >= 15 is 0 Å². The summed E-state index contributed by atoms with van der Waals surface area (Å²) >= 11 is 0. The molecule has 0 spiro atoms.